The van der Waals surface area contributed by atoms with Crippen LogP contribution in [0.5, 0.6) is 11.5 Å². The Bertz CT molecular complexity index is 511. The van der Waals surface area contributed by atoms with E-state index in [2.05, 4.69) is 29.8 Å². The highest BCUT2D eigenvalue weighted by Crippen LogP contribution is 2.29. The Morgan fingerprint density at radius 1 is 1.20 bits per heavy atom. The van der Waals surface area contributed by atoms with Gasteiger partial charge in [0.1, 0.15) is 6.61 Å². The van der Waals surface area contributed by atoms with E-state index in [9.17, 15) is 0 Å². The number of methoxy groups -OCH3 is 1. The van der Waals surface area contributed by atoms with Crippen molar-refractivity contribution >= 4 is 11.3 Å². The van der Waals surface area contributed by atoms with E-state index >= 15 is 0 Å². The van der Waals surface area contributed by atoms with Crippen molar-refractivity contribution in [2.45, 2.75) is 26.5 Å². The number of hydrogen-bond donors (Lipinski definition) is 1. The highest BCUT2D eigenvalue weighted by molar-refractivity contribution is 7.09. The molecule has 1 aromatic heterocycles. The van der Waals surface area contributed by atoms with E-state index in [4.69, 9.17) is 9.47 Å². The molecule has 20 heavy (non-hydrogen) atoms. The second-order valence-electron chi connectivity index (χ2n) is 4.53. The van der Waals surface area contributed by atoms with Crippen LogP contribution in [0.15, 0.2) is 35.7 Å². The van der Waals surface area contributed by atoms with Gasteiger partial charge in [-0.25, -0.2) is 0 Å². The van der Waals surface area contributed by atoms with Gasteiger partial charge in [0.2, 0.25) is 0 Å². The van der Waals surface area contributed by atoms with Crippen LogP contribution in [0, 0.1) is 0 Å². The molecule has 0 saturated carbocycles. The van der Waals surface area contributed by atoms with Crippen molar-refractivity contribution < 1.29 is 9.47 Å². The van der Waals surface area contributed by atoms with Gasteiger partial charge in [-0.05, 0) is 42.1 Å². The van der Waals surface area contributed by atoms with Crippen molar-refractivity contribution in [1.29, 1.82) is 0 Å². The van der Waals surface area contributed by atoms with E-state index in [0.29, 0.717) is 6.61 Å². The fraction of sp³-hybridized carbons (Fsp3) is 0.375. The van der Waals surface area contributed by atoms with E-state index < -0.39 is 0 Å². The summed E-state index contributed by atoms with van der Waals surface area (Å²) < 4.78 is 11.2. The lowest BCUT2D eigenvalue weighted by Crippen LogP contribution is -2.13. The van der Waals surface area contributed by atoms with Crippen LogP contribution < -0.4 is 14.8 Å². The van der Waals surface area contributed by atoms with Crippen LogP contribution in [-0.2, 0) is 13.2 Å². The van der Waals surface area contributed by atoms with Crippen molar-refractivity contribution in [3.8, 4) is 11.5 Å². The molecule has 108 valence electrons. The predicted molar refractivity (Wildman–Crippen MR) is 83.6 cm³/mol. The molecule has 0 atom stereocenters. The minimum absolute atomic E-state index is 0.585. The van der Waals surface area contributed by atoms with Gasteiger partial charge in [0.15, 0.2) is 11.5 Å². The van der Waals surface area contributed by atoms with Gasteiger partial charge in [0.25, 0.3) is 0 Å². The molecule has 0 aliphatic rings. The van der Waals surface area contributed by atoms with Crippen LogP contribution in [0.3, 0.4) is 0 Å². The number of hydrogen-bond acceptors (Lipinski definition) is 4. The molecule has 1 N–H and O–H groups in total. The SMILES string of the molecule is CCCNCc1ccc(OCc2cccs2)c(OC)c1. The van der Waals surface area contributed by atoms with Gasteiger partial charge in [-0.15, -0.1) is 11.3 Å². The predicted octanol–water partition coefficient (Wildman–Crippen LogP) is 3.84. The van der Waals surface area contributed by atoms with Crippen LogP contribution >= 0.6 is 11.3 Å². The summed E-state index contributed by atoms with van der Waals surface area (Å²) in [5.74, 6) is 1.58. The number of rotatable bonds is 8. The van der Waals surface area contributed by atoms with Gasteiger partial charge in [0, 0.05) is 11.4 Å². The summed E-state index contributed by atoms with van der Waals surface area (Å²) >= 11 is 1.70. The molecule has 0 amide bonds. The summed E-state index contributed by atoms with van der Waals surface area (Å²) in [6.45, 7) is 4.63. The Hall–Kier alpha value is -1.52. The summed E-state index contributed by atoms with van der Waals surface area (Å²) in [5, 5.41) is 5.44. The van der Waals surface area contributed by atoms with E-state index in [0.717, 1.165) is 31.0 Å². The first-order valence-electron chi connectivity index (χ1n) is 6.86. The lowest BCUT2D eigenvalue weighted by atomic mass is 10.2. The highest BCUT2D eigenvalue weighted by atomic mass is 32.1. The molecule has 2 rings (SSSR count). The summed E-state index contributed by atoms with van der Waals surface area (Å²) in [7, 11) is 1.68. The minimum Gasteiger partial charge on any atom is -0.493 e. The summed E-state index contributed by atoms with van der Waals surface area (Å²) in [4.78, 5) is 1.21. The van der Waals surface area contributed by atoms with Gasteiger partial charge in [0.05, 0.1) is 7.11 Å². The van der Waals surface area contributed by atoms with E-state index in [1.807, 2.05) is 18.2 Å². The van der Waals surface area contributed by atoms with E-state index in [-0.39, 0.29) is 0 Å². The van der Waals surface area contributed by atoms with Gasteiger partial charge >= 0.3 is 0 Å². The van der Waals surface area contributed by atoms with Crippen LogP contribution in [0.2, 0.25) is 0 Å². The van der Waals surface area contributed by atoms with Gasteiger partial charge < -0.3 is 14.8 Å². The number of thiophene rings is 1. The summed E-state index contributed by atoms with van der Waals surface area (Å²) in [5.41, 5.74) is 1.21. The first-order valence-corrected chi connectivity index (χ1v) is 7.74. The normalized spacial score (nSPS) is 10.5. The average molecular weight is 291 g/mol. The molecule has 4 heteroatoms. The maximum atomic E-state index is 5.82. The molecule has 0 fully saturated rings. The first kappa shape index (κ1) is 14.9. The van der Waals surface area contributed by atoms with Crippen molar-refractivity contribution in [2.24, 2.45) is 0 Å². The molecule has 1 aromatic carbocycles. The largest absolute Gasteiger partial charge is 0.493 e. The lowest BCUT2D eigenvalue weighted by Gasteiger charge is -2.12. The third-order valence-corrected chi connectivity index (χ3v) is 3.78. The zero-order valence-corrected chi connectivity index (χ0v) is 12.8. The van der Waals surface area contributed by atoms with Crippen molar-refractivity contribution in [3.63, 3.8) is 0 Å². The molecule has 2 aromatic rings. The first-order chi connectivity index (χ1) is 9.83. The standard InChI is InChI=1S/C16H21NO2S/c1-3-8-17-11-13-6-7-15(16(10-13)18-2)19-12-14-5-4-9-20-14/h4-7,9-10,17H,3,8,11-12H2,1-2H3. The molecule has 0 aliphatic heterocycles. The fourth-order valence-electron chi connectivity index (χ4n) is 1.89. The molecule has 0 spiro atoms. The lowest BCUT2D eigenvalue weighted by molar-refractivity contribution is 0.287. The molecule has 0 aliphatic carbocycles. The Morgan fingerprint density at radius 2 is 2.10 bits per heavy atom. The average Bonchev–Trinajstić information content (AvgIpc) is 2.99. The monoisotopic (exact) mass is 291 g/mol. The third-order valence-electron chi connectivity index (χ3n) is 2.93. The zero-order chi connectivity index (χ0) is 14.2. The smallest absolute Gasteiger partial charge is 0.161 e. The topological polar surface area (TPSA) is 30.5 Å². The molecular weight excluding hydrogens is 270 g/mol. The third kappa shape index (κ3) is 4.25. The Balaban J connectivity index is 1.98. The maximum absolute atomic E-state index is 5.82. The van der Waals surface area contributed by atoms with Crippen LogP contribution in [-0.4, -0.2) is 13.7 Å². The molecule has 0 unspecified atom stereocenters. The van der Waals surface area contributed by atoms with Gasteiger partial charge in [-0.1, -0.05) is 19.1 Å². The highest BCUT2D eigenvalue weighted by Gasteiger charge is 2.06. The van der Waals surface area contributed by atoms with Crippen molar-refractivity contribution in [3.05, 3.63) is 46.2 Å². The van der Waals surface area contributed by atoms with Crippen molar-refractivity contribution in [1.82, 2.24) is 5.32 Å². The molecule has 0 saturated heterocycles. The van der Waals surface area contributed by atoms with Gasteiger partial charge in [-0.2, -0.15) is 0 Å². The zero-order valence-electron chi connectivity index (χ0n) is 12.0. The Labute approximate surface area is 124 Å². The minimum atomic E-state index is 0.585. The van der Waals surface area contributed by atoms with Crippen LogP contribution in [0.1, 0.15) is 23.8 Å². The Morgan fingerprint density at radius 3 is 2.80 bits per heavy atom. The molecule has 0 radical (unpaired) electrons. The van der Waals surface area contributed by atoms with Crippen molar-refractivity contribution in [2.75, 3.05) is 13.7 Å². The van der Waals surface area contributed by atoms with Gasteiger partial charge in [-0.3, -0.25) is 0 Å². The second-order valence-corrected chi connectivity index (χ2v) is 5.56. The number of benzene rings is 1. The number of nitrogens with one attached hydrogen (secondary N) is 1. The van der Waals surface area contributed by atoms with E-state index in [1.165, 1.54) is 10.4 Å². The Kier molecular flexibility index (Phi) is 5.89. The maximum Gasteiger partial charge on any atom is 0.161 e. The van der Waals surface area contributed by atoms with Crippen LogP contribution in [0.25, 0.3) is 0 Å². The van der Waals surface area contributed by atoms with Crippen LogP contribution in [0.4, 0.5) is 0 Å². The molecule has 0 bridgehead atoms. The summed E-state index contributed by atoms with van der Waals surface area (Å²) in [6.07, 6.45) is 1.14. The molecular formula is C16H21NO2S. The number of ether oxygens (including phenoxy) is 2. The molecule has 1 heterocycles. The molecule has 3 nitrogen and oxygen atoms in total. The second kappa shape index (κ2) is 7.92. The van der Waals surface area contributed by atoms with E-state index in [1.54, 1.807) is 18.4 Å². The quantitative estimate of drug-likeness (QED) is 0.750. The summed E-state index contributed by atoms with van der Waals surface area (Å²) in [6, 6.07) is 10.2. The fourth-order valence-corrected chi connectivity index (χ4v) is 2.51.